The lowest BCUT2D eigenvalue weighted by Gasteiger charge is -2.14. The van der Waals surface area contributed by atoms with Gasteiger partial charge >= 0.3 is 0 Å². The summed E-state index contributed by atoms with van der Waals surface area (Å²) < 4.78 is 7.07. The third-order valence-corrected chi connectivity index (χ3v) is 10.7. The average molecular weight is 624 g/mol. The van der Waals surface area contributed by atoms with Crippen LogP contribution in [0.15, 0.2) is 152 Å². The molecule has 0 amide bonds. The number of para-hydroxylation sites is 5. The van der Waals surface area contributed by atoms with Crippen LogP contribution >= 0.6 is 0 Å². The van der Waals surface area contributed by atoms with Gasteiger partial charge < -0.3 is 4.40 Å². The van der Waals surface area contributed by atoms with Crippen LogP contribution in [0.2, 0.25) is 0 Å². The molecule has 5 aromatic heterocycles. The number of benzene rings is 7. The molecule has 0 spiro atoms. The molecule has 0 bridgehead atoms. The van der Waals surface area contributed by atoms with Gasteiger partial charge in [0.25, 0.3) is 0 Å². The van der Waals surface area contributed by atoms with Crippen LogP contribution < -0.4 is 0 Å². The molecule has 0 radical (unpaired) electrons. The maximum absolute atomic E-state index is 5.15. The van der Waals surface area contributed by atoms with Crippen LogP contribution in [0.3, 0.4) is 0 Å². The lowest BCUT2D eigenvalue weighted by atomic mass is 10.0. The topological polar surface area (TPSA) is 40.1 Å². The van der Waals surface area contributed by atoms with E-state index in [0.717, 1.165) is 44.5 Å². The van der Waals surface area contributed by atoms with Crippen molar-refractivity contribution in [2.45, 2.75) is 0 Å². The number of nitrogens with zero attached hydrogens (tertiary/aromatic N) is 5. The molecule has 5 heterocycles. The van der Waals surface area contributed by atoms with E-state index in [1.54, 1.807) is 0 Å². The van der Waals surface area contributed by atoms with Crippen LogP contribution in [0.1, 0.15) is 0 Å². The van der Waals surface area contributed by atoms with E-state index in [1.807, 2.05) is 0 Å². The molecule has 0 unspecified atom stereocenters. The summed E-state index contributed by atoms with van der Waals surface area (Å²) >= 11 is 0. The fourth-order valence-corrected chi connectivity index (χ4v) is 8.75. The third-order valence-electron chi connectivity index (χ3n) is 10.7. The molecule has 0 saturated heterocycles. The Labute approximate surface area is 278 Å². The first-order valence-electron chi connectivity index (χ1n) is 16.7. The highest BCUT2D eigenvalue weighted by molar-refractivity contribution is 6.35. The number of hydrogen-bond donors (Lipinski definition) is 0. The minimum atomic E-state index is 0.827. The van der Waals surface area contributed by atoms with Crippen molar-refractivity contribution in [3.8, 4) is 11.6 Å². The number of hydrogen-bond acceptors (Lipinski definition) is 2. The quantitative estimate of drug-likeness (QED) is 0.192. The second kappa shape index (κ2) is 9.00. The molecule has 5 nitrogen and oxygen atoms in total. The van der Waals surface area contributed by atoms with Crippen LogP contribution in [0, 0.1) is 0 Å². The molecule has 5 heteroatoms. The smallest absolute Gasteiger partial charge is 0.168 e. The Kier molecular flexibility index (Phi) is 4.66. The highest BCUT2D eigenvalue weighted by Crippen LogP contribution is 2.47. The van der Waals surface area contributed by atoms with Gasteiger partial charge in [0, 0.05) is 53.9 Å². The fourth-order valence-electron chi connectivity index (χ4n) is 8.75. The SMILES string of the molecule is c1ccc2c(-n3c4ccccc4c4c5c6ccccc6n6c7ccccc7c(cc43)c56)nnc(-n3c4ccccc4c4ccccc43)c2c1. The molecule has 0 aliphatic rings. The van der Waals surface area contributed by atoms with Gasteiger partial charge in [0.1, 0.15) is 0 Å². The highest BCUT2D eigenvalue weighted by atomic mass is 15.3. The molecule has 0 saturated carbocycles. The maximum Gasteiger partial charge on any atom is 0.168 e. The van der Waals surface area contributed by atoms with Crippen molar-refractivity contribution in [2.24, 2.45) is 0 Å². The zero-order valence-corrected chi connectivity index (χ0v) is 26.2. The molecule has 12 aromatic rings. The van der Waals surface area contributed by atoms with Gasteiger partial charge in [-0.1, -0.05) is 115 Å². The van der Waals surface area contributed by atoms with E-state index in [1.165, 1.54) is 59.6 Å². The molecule has 0 aliphatic heterocycles. The van der Waals surface area contributed by atoms with Gasteiger partial charge in [-0.15, -0.1) is 10.2 Å². The van der Waals surface area contributed by atoms with Crippen LogP contribution in [-0.2, 0) is 0 Å². The molecule has 226 valence electrons. The molecule has 0 aliphatic carbocycles. The lowest BCUT2D eigenvalue weighted by Crippen LogP contribution is -2.06. The summed E-state index contributed by atoms with van der Waals surface area (Å²) in [6, 6.07) is 54.5. The second-order valence-electron chi connectivity index (χ2n) is 13.0. The van der Waals surface area contributed by atoms with Gasteiger partial charge in [-0.2, -0.15) is 0 Å². The monoisotopic (exact) mass is 623 g/mol. The number of fused-ring (bicyclic) bond motifs is 14. The Morgan fingerprint density at radius 3 is 1.22 bits per heavy atom. The van der Waals surface area contributed by atoms with Crippen molar-refractivity contribution in [1.29, 1.82) is 0 Å². The van der Waals surface area contributed by atoms with E-state index >= 15 is 0 Å². The summed E-state index contributed by atoms with van der Waals surface area (Å²) in [5.41, 5.74) is 8.22. The summed E-state index contributed by atoms with van der Waals surface area (Å²) in [5, 5.41) is 22.3. The lowest BCUT2D eigenvalue weighted by molar-refractivity contribution is 0.930. The zero-order chi connectivity index (χ0) is 31.8. The average Bonchev–Trinajstić information content (AvgIpc) is 3.88. The Bertz CT molecular complexity index is 3290. The van der Waals surface area contributed by atoms with Crippen molar-refractivity contribution in [3.05, 3.63) is 152 Å². The summed E-state index contributed by atoms with van der Waals surface area (Å²) in [4.78, 5) is 0. The van der Waals surface area contributed by atoms with Crippen molar-refractivity contribution in [2.75, 3.05) is 0 Å². The van der Waals surface area contributed by atoms with E-state index in [2.05, 4.69) is 165 Å². The number of aromatic nitrogens is 5. The van der Waals surface area contributed by atoms with Crippen LogP contribution in [-0.4, -0.2) is 23.7 Å². The van der Waals surface area contributed by atoms with E-state index < -0.39 is 0 Å². The largest absolute Gasteiger partial charge is 0.308 e. The second-order valence-corrected chi connectivity index (χ2v) is 13.0. The van der Waals surface area contributed by atoms with Gasteiger partial charge in [0.2, 0.25) is 0 Å². The zero-order valence-electron chi connectivity index (χ0n) is 26.2. The molecule has 7 aromatic carbocycles. The van der Waals surface area contributed by atoms with Gasteiger partial charge in [-0.05, 0) is 36.4 Å². The molecular weight excluding hydrogens is 599 g/mol. The minimum Gasteiger partial charge on any atom is -0.308 e. The van der Waals surface area contributed by atoms with Crippen molar-refractivity contribution in [1.82, 2.24) is 23.7 Å². The van der Waals surface area contributed by atoms with Crippen LogP contribution in [0.4, 0.5) is 0 Å². The first kappa shape index (κ1) is 25.4. The van der Waals surface area contributed by atoms with E-state index in [9.17, 15) is 0 Å². The summed E-state index contributed by atoms with van der Waals surface area (Å²) in [5.74, 6) is 1.66. The van der Waals surface area contributed by atoms with Gasteiger partial charge in [-0.3, -0.25) is 9.13 Å². The van der Waals surface area contributed by atoms with Crippen molar-refractivity contribution >= 4 is 92.5 Å². The molecule has 49 heavy (non-hydrogen) atoms. The standard InChI is InChI=1S/C44H25N5/c1-2-17-30-29(16-1)43(48-35-21-9-3-13-26(35)27-14-4-10-22-36(27)48)45-46-44(30)49-38-24-12-6-18-31(38)40-39(49)25-33-28-15-5-8-20-34(28)47-37-23-11-7-19-32(37)41(40)42(33)47/h1-25H. The number of rotatable bonds is 2. The molecular formula is C44H25N5. The third kappa shape index (κ3) is 3.06. The first-order valence-corrected chi connectivity index (χ1v) is 16.7. The molecule has 0 N–H and O–H groups in total. The predicted octanol–water partition coefficient (Wildman–Crippen LogP) is 11.0. The normalized spacial score (nSPS) is 12.5. The van der Waals surface area contributed by atoms with E-state index in [4.69, 9.17) is 10.2 Å². The van der Waals surface area contributed by atoms with Crippen LogP contribution in [0.5, 0.6) is 0 Å². The minimum absolute atomic E-state index is 0.827. The Morgan fingerprint density at radius 2 is 0.673 bits per heavy atom. The molecule has 0 fully saturated rings. The Balaban J connectivity index is 1.26. The Morgan fingerprint density at radius 1 is 0.306 bits per heavy atom. The van der Waals surface area contributed by atoms with Gasteiger partial charge in [0.05, 0.1) is 38.6 Å². The predicted molar refractivity (Wildman–Crippen MR) is 203 cm³/mol. The molecule has 12 rings (SSSR count). The summed E-state index contributed by atoms with van der Waals surface area (Å²) in [6.07, 6.45) is 0. The maximum atomic E-state index is 5.15. The summed E-state index contributed by atoms with van der Waals surface area (Å²) in [7, 11) is 0. The van der Waals surface area contributed by atoms with Gasteiger partial charge in [0.15, 0.2) is 11.6 Å². The molecule has 0 atom stereocenters. The highest BCUT2D eigenvalue weighted by Gasteiger charge is 2.25. The fraction of sp³-hybridized carbons (Fsp3) is 0. The van der Waals surface area contributed by atoms with Crippen molar-refractivity contribution in [3.63, 3.8) is 0 Å². The van der Waals surface area contributed by atoms with Crippen LogP contribution in [0.25, 0.3) is 104 Å². The van der Waals surface area contributed by atoms with E-state index in [-0.39, 0.29) is 0 Å². The first-order chi connectivity index (χ1) is 24.4. The van der Waals surface area contributed by atoms with E-state index in [0.29, 0.717) is 0 Å². The van der Waals surface area contributed by atoms with Crippen molar-refractivity contribution < 1.29 is 0 Å². The summed E-state index contributed by atoms with van der Waals surface area (Å²) in [6.45, 7) is 0. The van der Waals surface area contributed by atoms with Gasteiger partial charge in [-0.25, -0.2) is 0 Å². The Hall–Kier alpha value is -6.72.